The maximum absolute atomic E-state index is 11.8. The zero-order valence-electron chi connectivity index (χ0n) is 11.1. The van der Waals surface area contributed by atoms with Gasteiger partial charge in [0.2, 0.25) is 5.82 Å². The van der Waals surface area contributed by atoms with Crippen molar-refractivity contribution in [2.45, 2.75) is 31.9 Å². The lowest BCUT2D eigenvalue weighted by molar-refractivity contribution is -0.0462. The molecule has 0 radical (unpaired) electrons. The highest BCUT2D eigenvalue weighted by Gasteiger charge is 2.32. The third kappa shape index (κ3) is 2.76. The van der Waals surface area contributed by atoms with E-state index in [9.17, 15) is 4.79 Å². The average Bonchev–Trinajstić information content (AvgIpc) is 3.03. The van der Waals surface area contributed by atoms with E-state index in [-0.39, 0.29) is 17.8 Å². The van der Waals surface area contributed by atoms with Gasteiger partial charge >= 0.3 is 0 Å². The van der Waals surface area contributed by atoms with Crippen molar-refractivity contribution in [3.63, 3.8) is 0 Å². The summed E-state index contributed by atoms with van der Waals surface area (Å²) in [5, 5.41) is 9.32. The summed E-state index contributed by atoms with van der Waals surface area (Å²) < 4.78 is 5.78. The molecule has 3 heterocycles. The Kier molecular flexibility index (Phi) is 3.48. The Morgan fingerprint density at radius 3 is 3.32 bits per heavy atom. The smallest absolute Gasteiger partial charge is 0.291 e. The second kappa shape index (κ2) is 5.26. The number of hydrogen-bond acceptors (Lipinski definition) is 5. The van der Waals surface area contributed by atoms with Crippen LogP contribution in [-0.4, -0.2) is 64.4 Å². The quantitative estimate of drug-likeness (QED) is 0.784. The van der Waals surface area contributed by atoms with E-state index in [1.54, 1.807) is 6.92 Å². The maximum atomic E-state index is 11.8. The lowest BCUT2D eigenvalue weighted by Gasteiger charge is -2.35. The average molecular weight is 265 g/mol. The third-order valence-corrected chi connectivity index (χ3v) is 3.75. The van der Waals surface area contributed by atoms with Crippen LogP contribution >= 0.6 is 0 Å². The summed E-state index contributed by atoms with van der Waals surface area (Å²) in [7, 11) is 0. The van der Waals surface area contributed by atoms with E-state index < -0.39 is 0 Å². The molecule has 2 saturated heterocycles. The van der Waals surface area contributed by atoms with Gasteiger partial charge in [-0.25, -0.2) is 4.98 Å². The fourth-order valence-corrected chi connectivity index (χ4v) is 2.74. The summed E-state index contributed by atoms with van der Waals surface area (Å²) in [4.78, 5) is 18.3. The summed E-state index contributed by atoms with van der Waals surface area (Å²) in [6.07, 6.45) is 2.55. The van der Waals surface area contributed by atoms with Crippen molar-refractivity contribution in [2.24, 2.45) is 0 Å². The molecule has 2 N–H and O–H groups in total. The zero-order valence-corrected chi connectivity index (χ0v) is 11.1. The number of nitrogens with zero attached hydrogens (tertiary/aromatic N) is 3. The Bertz CT molecular complexity index is 461. The Labute approximate surface area is 111 Å². The number of H-pyrrole nitrogens is 1. The summed E-state index contributed by atoms with van der Waals surface area (Å²) in [6, 6.07) is 0.586. The number of carbonyl (C=O) groups excluding carboxylic acids is 1. The number of carbonyl (C=O) groups is 1. The molecule has 0 spiro atoms. The lowest BCUT2D eigenvalue weighted by atomic mass is 10.2. The molecule has 2 aliphatic heterocycles. The molecule has 1 aromatic rings. The number of rotatable bonds is 3. The minimum Gasteiger partial charge on any atom is -0.373 e. The first-order chi connectivity index (χ1) is 9.22. The number of aryl methyl sites for hydroxylation is 1. The topological polar surface area (TPSA) is 83.1 Å². The van der Waals surface area contributed by atoms with Crippen molar-refractivity contribution in [3.8, 4) is 0 Å². The van der Waals surface area contributed by atoms with E-state index in [1.165, 1.54) is 12.8 Å². The minimum absolute atomic E-state index is 0.0679. The van der Waals surface area contributed by atoms with Gasteiger partial charge in [-0.2, -0.15) is 0 Å². The molecule has 1 amide bonds. The second-order valence-electron chi connectivity index (χ2n) is 5.20. The zero-order chi connectivity index (χ0) is 13.2. The summed E-state index contributed by atoms with van der Waals surface area (Å²) >= 11 is 0. The number of morpholine rings is 1. The predicted molar refractivity (Wildman–Crippen MR) is 67.8 cm³/mol. The van der Waals surface area contributed by atoms with Crippen LogP contribution in [0.3, 0.4) is 0 Å². The van der Waals surface area contributed by atoms with Gasteiger partial charge in [0.05, 0.1) is 12.7 Å². The van der Waals surface area contributed by atoms with Crippen LogP contribution in [0.25, 0.3) is 0 Å². The van der Waals surface area contributed by atoms with Crippen molar-refractivity contribution in [2.75, 3.05) is 26.2 Å². The first kappa shape index (κ1) is 12.6. The van der Waals surface area contributed by atoms with Gasteiger partial charge in [0.1, 0.15) is 5.82 Å². The van der Waals surface area contributed by atoms with Crippen LogP contribution < -0.4 is 5.32 Å². The van der Waals surface area contributed by atoms with Crippen LogP contribution in [0.4, 0.5) is 0 Å². The predicted octanol–water partition coefficient (Wildman–Crippen LogP) is -0.294. The van der Waals surface area contributed by atoms with Crippen molar-refractivity contribution in [3.05, 3.63) is 11.6 Å². The fourth-order valence-electron chi connectivity index (χ4n) is 2.74. The normalized spacial score (nSPS) is 27.2. The van der Waals surface area contributed by atoms with E-state index >= 15 is 0 Å². The molecule has 1 aromatic heterocycles. The first-order valence-electron chi connectivity index (χ1n) is 6.75. The van der Waals surface area contributed by atoms with Crippen molar-refractivity contribution >= 4 is 5.91 Å². The van der Waals surface area contributed by atoms with E-state index in [1.807, 2.05) is 0 Å². The molecule has 2 unspecified atom stereocenters. The SMILES string of the molecule is Cc1nc(C(=O)NCC2CN3CCCC3CO2)n[nH]1. The van der Waals surface area contributed by atoms with Gasteiger partial charge in [0.25, 0.3) is 5.91 Å². The number of ether oxygens (including phenoxy) is 1. The van der Waals surface area contributed by atoms with Crippen LogP contribution in [-0.2, 0) is 4.74 Å². The molecule has 7 nitrogen and oxygen atoms in total. The molecule has 0 saturated carbocycles. The van der Waals surface area contributed by atoms with Crippen LogP contribution in [0, 0.1) is 6.92 Å². The summed E-state index contributed by atoms with van der Waals surface area (Å²) in [6.45, 7) is 5.11. The van der Waals surface area contributed by atoms with Crippen LogP contribution in [0.15, 0.2) is 0 Å². The number of aromatic amines is 1. The number of hydrogen-bond donors (Lipinski definition) is 2. The molecular weight excluding hydrogens is 246 g/mol. The largest absolute Gasteiger partial charge is 0.373 e. The van der Waals surface area contributed by atoms with Gasteiger partial charge in [-0.15, -0.1) is 5.10 Å². The molecule has 0 aromatic carbocycles. The molecule has 19 heavy (non-hydrogen) atoms. The molecule has 7 heteroatoms. The molecule has 2 fully saturated rings. The van der Waals surface area contributed by atoms with Crippen molar-refractivity contribution in [1.82, 2.24) is 25.4 Å². The molecule has 2 atom stereocenters. The molecule has 0 aliphatic carbocycles. The third-order valence-electron chi connectivity index (χ3n) is 3.75. The van der Waals surface area contributed by atoms with Gasteiger partial charge in [0.15, 0.2) is 0 Å². The highest BCUT2D eigenvalue weighted by atomic mass is 16.5. The summed E-state index contributed by atoms with van der Waals surface area (Å²) in [5.74, 6) is 0.572. The number of nitrogens with one attached hydrogen (secondary N) is 2. The molecular formula is C12H19N5O2. The van der Waals surface area contributed by atoms with Gasteiger partial charge in [0, 0.05) is 19.1 Å². The van der Waals surface area contributed by atoms with Gasteiger partial charge in [-0.1, -0.05) is 0 Å². The van der Waals surface area contributed by atoms with E-state index in [0.29, 0.717) is 18.4 Å². The Morgan fingerprint density at radius 1 is 1.63 bits per heavy atom. The number of aromatic nitrogens is 3. The van der Waals surface area contributed by atoms with E-state index in [2.05, 4.69) is 25.4 Å². The molecule has 2 aliphatic rings. The van der Waals surface area contributed by atoms with Crippen molar-refractivity contribution in [1.29, 1.82) is 0 Å². The highest BCUT2D eigenvalue weighted by Crippen LogP contribution is 2.22. The fraction of sp³-hybridized carbons (Fsp3) is 0.750. The Morgan fingerprint density at radius 2 is 2.53 bits per heavy atom. The molecule has 3 rings (SSSR count). The first-order valence-corrected chi connectivity index (χ1v) is 6.75. The minimum atomic E-state index is -0.253. The Hall–Kier alpha value is -1.47. The van der Waals surface area contributed by atoms with E-state index in [0.717, 1.165) is 19.7 Å². The van der Waals surface area contributed by atoms with E-state index in [4.69, 9.17) is 4.74 Å². The monoisotopic (exact) mass is 265 g/mol. The van der Waals surface area contributed by atoms with Crippen molar-refractivity contribution < 1.29 is 9.53 Å². The lowest BCUT2D eigenvalue weighted by Crippen LogP contribution is -2.50. The second-order valence-corrected chi connectivity index (χ2v) is 5.20. The standard InChI is InChI=1S/C12H19N5O2/c1-8-14-11(16-15-8)12(18)13-5-10-6-17-4-2-3-9(17)7-19-10/h9-10H,2-7H2,1H3,(H,13,18)(H,14,15,16). The Balaban J connectivity index is 1.48. The molecule has 0 bridgehead atoms. The highest BCUT2D eigenvalue weighted by molar-refractivity contribution is 5.90. The molecule has 104 valence electrons. The van der Waals surface area contributed by atoms with Crippen LogP contribution in [0.1, 0.15) is 29.3 Å². The van der Waals surface area contributed by atoms with Crippen LogP contribution in [0.2, 0.25) is 0 Å². The van der Waals surface area contributed by atoms with Crippen LogP contribution in [0.5, 0.6) is 0 Å². The van der Waals surface area contributed by atoms with Gasteiger partial charge in [-0.3, -0.25) is 14.8 Å². The van der Waals surface area contributed by atoms with Gasteiger partial charge in [-0.05, 0) is 26.3 Å². The number of fused-ring (bicyclic) bond motifs is 1. The summed E-state index contributed by atoms with van der Waals surface area (Å²) in [5.41, 5.74) is 0. The number of amides is 1. The maximum Gasteiger partial charge on any atom is 0.291 e. The van der Waals surface area contributed by atoms with Gasteiger partial charge < -0.3 is 10.1 Å².